The van der Waals surface area contributed by atoms with E-state index in [9.17, 15) is 4.79 Å². The summed E-state index contributed by atoms with van der Waals surface area (Å²) in [6.07, 6.45) is 10.4. The Kier molecular flexibility index (Phi) is 3.89. The molecule has 4 aliphatic rings. The zero-order valence-corrected chi connectivity index (χ0v) is 13.8. The normalized spacial score (nSPS) is 37.9. The molecule has 4 heteroatoms. The van der Waals surface area contributed by atoms with E-state index in [0.717, 1.165) is 31.5 Å². The Balaban J connectivity index is 1.61. The standard InChI is InChI=1S/C18H29N3O/c1-2-19-18(22)21-9-5-6-13-10-14-11-15(17(13)21)12-20-8-4-3-7-16(14)20/h10,14-17H,2-9,11-12H2,1H3,(H,19,22)/t14-,15+,16-,17-/m1/s1. The molecule has 3 heterocycles. The first-order valence-corrected chi connectivity index (χ1v) is 9.27. The van der Waals surface area contributed by atoms with Crippen molar-refractivity contribution < 1.29 is 4.79 Å². The first kappa shape index (κ1) is 14.6. The number of rotatable bonds is 1. The number of piperidine rings is 3. The number of amides is 2. The Morgan fingerprint density at radius 1 is 1.32 bits per heavy atom. The molecule has 4 atom stereocenters. The smallest absolute Gasteiger partial charge is 0.317 e. The van der Waals surface area contributed by atoms with Gasteiger partial charge in [-0.15, -0.1) is 0 Å². The van der Waals surface area contributed by atoms with Crippen molar-refractivity contribution >= 4 is 6.03 Å². The molecule has 3 saturated heterocycles. The molecule has 22 heavy (non-hydrogen) atoms. The van der Waals surface area contributed by atoms with Crippen LogP contribution in [0.2, 0.25) is 0 Å². The van der Waals surface area contributed by atoms with Gasteiger partial charge in [-0.05, 0) is 57.4 Å². The Hall–Kier alpha value is -1.03. The van der Waals surface area contributed by atoms with Crippen LogP contribution in [0.25, 0.3) is 0 Å². The number of likely N-dealkylation sites (tertiary alicyclic amines) is 1. The maximum absolute atomic E-state index is 12.5. The average molecular weight is 303 g/mol. The summed E-state index contributed by atoms with van der Waals surface area (Å²) >= 11 is 0. The molecule has 2 bridgehead atoms. The molecule has 3 fully saturated rings. The third kappa shape index (κ3) is 2.36. The molecule has 0 aromatic rings. The fourth-order valence-electron chi connectivity index (χ4n) is 5.45. The molecule has 1 aliphatic carbocycles. The first-order chi connectivity index (χ1) is 10.8. The molecule has 0 aromatic carbocycles. The van der Waals surface area contributed by atoms with Crippen LogP contribution in [0.3, 0.4) is 0 Å². The van der Waals surface area contributed by atoms with Crippen LogP contribution < -0.4 is 5.32 Å². The fourth-order valence-corrected chi connectivity index (χ4v) is 5.45. The Morgan fingerprint density at radius 3 is 3.09 bits per heavy atom. The van der Waals surface area contributed by atoms with E-state index in [0.29, 0.717) is 12.0 Å². The molecular weight excluding hydrogens is 274 g/mol. The Bertz CT molecular complexity index is 475. The third-order valence-electron chi connectivity index (χ3n) is 6.25. The Morgan fingerprint density at radius 2 is 2.23 bits per heavy atom. The monoisotopic (exact) mass is 303 g/mol. The number of hydrogen-bond acceptors (Lipinski definition) is 2. The molecule has 4 nitrogen and oxygen atoms in total. The number of urea groups is 1. The van der Waals surface area contributed by atoms with E-state index in [2.05, 4.69) is 21.2 Å². The number of carbonyl (C=O) groups is 1. The first-order valence-electron chi connectivity index (χ1n) is 9.27. The third-order valence-corrected chi connectivity index (χ3v) is 6.25. The minimum absolute atomic E-state index is 0.150. The summed E-state index contributed by atoms with van der Waals surface area (Å²) in [5.74, 6) is 1.40. The lowest BCUT2D eigenvalue weighted by molar-refractivity contribution is 0.00795. The van der Waals surface area contributed by atoms with Crippen LogP contribution in [0, 0.1) is 11.8 Å². The van der Waals surface area contributed by atoms with E-state index in [1.54, 1.807) is 5.57 Å². The van der Waals surface area contributed by atoms with Gasteiger partial charge < -0.3 is 10.2 Å². The molecule has 1 N–H and O–H groups in total. The van der Waals surface area contributed by atoms with Crippen molar-refractivity contribution in [3.05, 3.63) is 11.6 Å². The van der Waals surface area contributed by atoms with Gasteiger partial charge in [0, 0.05) is 25.7 Å². The lowest BCUT2D eigenvalue weighted by Crippen LogP contribution is -2.61. The highest BCUT2D eigenvalue weighted by Crippen LogP contribution is 2.44. The van der Waals surface area contributed by atoms with Crippen molar-refractivity contribution in [3.63, 3.8) is 0 Å². The Labute approximate surface area is 133 Å². The quantitative estimate of drug-likeness (QED) is 0.756. The molecule has 0 unspecified atom stereocenters. The van der Waals surface area contributed by atoms with Crippen molar-refractivity contribution in [2.75, 3.05) is 26.2 Å². The number of fused-ring (bicyclic) bond motifs is 6. The zero-order chi connectivity index (χ0) is 15.1. The highest BCUT2D eigenvalue weighted by atomic mass is 16.2. The lowest BCUT2D eigenvalue weighted by Gasteiger charge is -2.54. The van der Waals surface area contributed by atoms with Gasteiger partial charge in [0.2, 0.25) is 0 Å². The second-order valence-corrected chi connectivity index (χ2v) is 7.54. The molecular formula is C18H29N3O. The van der Waals surface area contributed by atoms with Crippen molar-refractivity contribution in [3.8, 4) is 0 Å². The van der Waals surface area contributed by atoms with Gasteiger partial charge in [-0.2, -0.15) is 0 Å². The fraction of sp³-hybridized carbons (Fsp3) is 0.833. The largest absolute Gasteiger partial charge is 0.338 e. The number of hydrogen-bond donors (Lipinski definition) is 1. The second-order valence-electron chi connectivity index (χ2n) is 7.54. The SMILES string of the molecule is CCNC(=O)N1CCCC2=C[C@@H]3C[C@@H](CN4CCCC[C@H]34)[C@@H]21. The van der Waals surface area contributed by atoms with Crippen LogP contribution in [-0.4, -0.2) is 54.1 Å². The molecule has 0 aromatic heterocycles. The van der Waals surface area contributed by atoms with Gasteiger partial charge in [0.25, 0.3) is 0 Å². The zero-order valence-electron chi connectivity index (χ0n) is 13.8. The maximum atomic E-state index is 12.5. The molecule has 4 rings (SSSR count). The van der Waals surface area contributed by atoms with E-state index in [1.165, 1.54) is 45.2 Å². The molecule has 0 saturated carbocycles. The molecule has 0 radical (unpaired) electrons. The van der Waals surface area contributed by atoms with Crippen molar-refractivity contribution in [1.29, 1.82) is 0 Å². The van der Waals surface area contributed by atoms with Crippen molar-refractivity contribution in [2.24, 2.45) is 11.8 Å². The summed E-state index contributed by atoms with van der Waals surface area (Å²) in [5, 5.41) is 3.02. The summed E-state index contributed by atoms with van der Waals surface area (Å²) < 4.78 is 0. The predicted octanol–water partition coefficient (Wildman–Crippen LogP) is 2.61. The van der Waals surface area contributed by atoms with Crippen LogP contribution in [0.15, 0.2) is 11.6 Å². The van der Waals surface area contributed by atoms with Gasteiger partial charge in [-0.25, -0.2) is 4.79 Å². The number of nitrogens with one attached hydrogen (secondary N) is 1. The van der Waals surface area contributed by atoms with E-state index in [4.69, 9.17) is 0 Å². The summed E-state index contributed by atoms with van der Waals surface area (Å²) in [6, 6.07) is 1.31. The highest BCUT2D eigenvalue weighted by Gasteiger charge is 2.46. The summed E-state index contributed by atoms with van der Waals surface area (Å²) in [5.41, 5.74) is 1.57. The molecule has 0 spiro atoms. The van der Waals surface area contributed by atoms with E-state index in [1.807, 2.05) is 6.92 Å². The topological polar surface area (TPSA) is 35.6 Å². The van der Waals surface area contributed by atoms with Gasteiger partial charge in [0.15, 0.2) is 0 Å². The van der Waals surface area contributed by atoms with E-state index < -0.39 is 0 Å². The minimum Gasteiger partial charge on any atom is -0.338 e. The van der Waals surface area contributed by atoms with Crippen LogP contribution in [-0.2, 0) is 0 Å². The summed E-state index contributed by atoms with van der Waals surface area (Å²) in [7, 11) is 0. The molecule has 3 aliphatic heterocycles. The van der Waals surface area contributed by atoms with Gasteiger partial charge in [-0.1, -0.05) is 18.1 Å². The van der Waals surface area contributed by atoms with Crippen LogP contribution in [0.5, 0.6) is 0 Å². The molecule has 2 amide bonds. The van der Waals surface area contributed by atoms with Gasteiger partial charge in [-0.3, -0.25) is 4.90 Å². The number of nitrogens with zero attached hydrogens (tertiary/aromatic N) is 2. The van der Waals surface area contributed by atoms with Crippen LogP contribution in [0.1, 0.15) is 45.4 Å². The van der Waals surface area contributed by atoms with Gasteiger partial charge in [0.05, 0.1) is 6.04 Å². The maximum Gasteiger partial charge on any atom is 0.317 e. The van der Waals surface area contributed by atoms with E-state index >= 15 is 0 Å². The van der Waals surface area contributed by atoms with Crippen molar-refractivity contribution in [1.82, 2.24) is 15.1 Å². The van der Waals surface area contributed by atoms with Crippen LogP contribution >= 0.6 is 0 Å². The summed E-state index contributed by atoms with van der Waals surface area (Å²) in [6.45, 7) is 6.14. The summed E-state index contributed by atoms with van der Waals surface area (Å²) in [4.78, 5) is 17.3. The second kappa shape index (κ2) is 5.88. The van der Waals surface area contributed by atoms with Gasteiger partial charge in [0.1, 0.15) is 0 Å². The highest BCUT2D eigenvalue weighted by molar-refractivity contribution is 5.75. The van der Waals surface area contributed by atoms with E-state index in [-0.39, 0.29) is 6.03 Å². The molecule has 122 valence electrons. The average Bonchev–Trinajstić information content (AvgIpc) is 2.54. The van der Waals surface area contributed by atoms with Crippen molar-refractivity contribution in [2.45, 2.75) is 57.5 Å². The van der Waals surface area contributed by atoms with Crippen LogP contribution in [0.4, 0.5) is 4.79 Å². The number of carbonyl (C=O) groups excluding carboxylic acids is 1. The minimum atomic E-state index is 0.150. The van der Waals surface area contributed by atoms with Gasteiger partial charge >= 0.3 is 6.03 Å². The predicted molar refractivity (Wildman–Crippen MR) is 87.7 cm³/mol. The lowest BCUT2D eigenvalue weighted by atomic mass is 9.68.